The number of nitrogens with one attached hydrogen (secondary N) is 1. The van der Waals surface area contributed by atoms with E-state index in [0.717, 1.165) is 22.0 Å². The molecule has 1 saturated heterocycles. The number of morpholine rings is 1. The Labute approximate surface area is 167 Å². The molecule has 0 aliphatic carbocycles. The maximum absolute atomic E-state index is 12.3. The van der Waals surface area contributed by atoms with Crippen LogP contribution in [0.15, 0.2) is 49.3 Å². The Morgan fingerprint density at radius 1 is 1.23 bits per heavy atom. The van der Waals surface area contributed by atoms with E-state index in [1.165, 1.54) is 6.08 Å². The van der Waals surface area contributed by atoms with E-state index in [2.05, 4.69) is 42.1 Å². The van der Waals surface area contributed by atoms with Crippen LogP contribution in [-0.4, -0.2) is 32.2 Å². The zero-order valence-electron chi connectivity index (χ0n) is 13.7. The number of nitriles is 1. The number of hydrogen-bond donors (Lipinski definition) is 1. The number of benzene rings is 1. The van der Waals surface area contributed by atoms with Crippen LogP contribution in [0.2, 0.25) is 0 Å². The lowest BCUT2D eigenvalue weighted by molar-refractivity contribution is -0.112. The van der Waals surface area contributed by atoms with Gasteiger partial charge >= 0.3 is 0 Å². The Kier molecular flexibility index (Phi) is 6.14. The van der Waals surface area contributed by atoms with Gasteiger partial charge in [-0.15, -0.1) is 0 Å². The van der Waals surface area contributed by atoms with Gasteiger partial charge in [0.1, 0.15) is 17.4 Å². The van der Waals surface area contributed by atoms with Crippen LogP contribution in [-0.2, 0) is 9.53 Å². The van der Waals surface area contributed by atoms with Crippen LogP contribution in [0.25, 0.3) is 6.08 Å². The second-order valence-corrected chi connectivity index (χ2v) is 7.30. The number of anilines is 2. The molecule has 1 amide bonds. The van der Waals surface area contributed by atoms with Gasteiger partial charge in [-0.25, -0.2) is 0 Å². The lowest BCUT2D eigenvalue weighted by Gasteiger charge is -2.26. The second kappa shape index (κ2) is 8.54. The first-order valence-electron chi connectivity index (χ1n) is 7.87. The number of rotatable bonds is 4. The average Bonchev–Trinajstić information content (AvgIpc) is 3.02. The summed E-state index contributed by atoms with van der Waals surface area (Å²) >= 11 is 6.80. The molecule has 0 unspecified atom stereocenters. The van der Waals surface area contributed by atoms with Crippen LogP contribution in [0.3, 0.4) is 0 Å². The molecule has 1 aliphatic heterocycles. The highest BCUT2D eigenvalue weighted by Crippen LogP contribution is 2.32. The van der Waals surface area contributed by atoms with E-state index in [4.69, 9.17) is 9.15 Å². The maximum atomic E-state index is 12.3. The predicted molar refractivity (Wildman–Crippen MR) is 106 cm³/mol. The van der Waals surface area contributed by atoms with Crippen molar-refractivity contribution < 1.29 is 13.9 Å². The molecular formula is C18H15Br2N3O3. The summed E-state index contributed by atoms with van der Waals surface area (Å²) in [6.45, 7) is 2.73. The summed E-state index contributed by atoms with van der Waals surface area (Å²) in [5.41, 5.74) is 0.566. The maximum Gasteiger partial charge on any atom is 0.266 e. The van der Waals surface area contributed by atoms with Crippen molar-refractivity contribution in [2.75, 3.05) is 36.5 Å². The van der Waals surface area contributed by atoms with Crippen molar-refractivity contribution in [3.05, 3.63) is 50.6 Å². The van der Waals surface area contributed by atoms with E-state index in [0.29, 0.717) is 30.5 Å². The monoisotopic (exact) mass is 479 g/mol. The van der Waals surface area contributed by atoms with Crippen molar-refractivity contribution in [2.45, 2.75) is 0 Å². The summed E-state index contributed by atoms with van der Waals surface area (Å²) in [7, 11) is 0. The van der Waals surface area contributed by atoms with Crippen LogP contribution in [0, 0.1) is 11.3 Å². The molecular weight excluding hydrogens is 466 g/mol. The third-order valence-electron chi connectivity index (χ3n) is 3.74. The Balaban J connectivity index is 1.77. The minimum atomic E-state index is -0.490. The predicted octanol–water partition coefficient (Wildman–Crippen LogP) is 4.19. The largest absolute Gasteiger partial charge is 0.440 e. The van der Waals surface area contributed by atoms with E-state index in [1.807, 2.05) is 18.2 Å². The topological polar surface area (TPSA) is 78.5 Å². The van der Waals surface area contributed by atoms with Gasteiger partial charge in [-0.3, -0.25) is 4.79 Å². The summed E-state index contributed by atoms with van der Waals surface area (Å²) in [6.07, 6.45) is 1.43. The molecule has 3 rings (SSSR count). The fourth-order valence-corrected chi connectivity index (χ4v) is 3.27. The van der Waals surface area contributed by atoms with Gasteiger partial charge in [0.25, 0.3) is 5.91 Å². The molecule has 1 aromatic heterocycles. The first-order valence-corrected chi connectivity index (χ1v) is 9.46. The van der Waals surface area contributed by atoms with Crippen molar-refractivity contribution in [3.63, 3.8) is 0 Å². The smallest absolute Gasteiger partial charge is 0.266 e. The van der Waals surface area contributed by atoms with E-state index < -0.39 is 5.91 Å². The van der Waals surface area contributed by atoms with Crippen molar-refractivity contribution in [1.82, 2.24) is 0 Å². The van der Waals surface area contributed by atoms with Crippen LogP contribution < -0.4 is 10.2 Å². The van der Waals surface area contributed by atoms with Gasteiger partial charge in [0.05, 0.1) is 17.7 Å². The lowest BCUT2D eigenvalue weighted by Crippen LogP contribution is -2.36. The minimum Gasteiger partial charge on any atom is -0.440 e. The molecule has 0 radical (unpaired) electrons. The van der Waals surface area contributed by atoms with Gasteiger partial charge < -0.3 is 19.4 Å². The van der Waals surface area contributed by atoms with Crippen molar-refractivity contribution in [1.29, 1.82) is 5.26 Å². The van der Waals surface area contributed by atoms with Gasteiger partial charge in [0.15, 0.2) is 0 Å². The quantitative estimate of drug-likeness (QED) is 0.524. The molecule has 1 aliphatic rings. The normalized spacial score (nSPS) is 14.8. The fraction of sp³-hybridized carbons (Fsp3) is 0.222. The van der Waals surface area contributed by atoms with Crippen LogP contribution >= 0.6 is 31.9 Å². The van der Waals surface area contributed by atoms with Gasteiger partial charge in [-0.05, 0) is 40.2 Å². The number of halogens is 2. The summed E-state index contributed by atoms with van der Waals surface area (Å²) in [6, 6.07) is 10.8. The summed E-state index contributed by atoms with van der Waals surface area (Å²) < 4.78 is 12.8. The molecule has 2 heterocycles. The summed E-state index contributed by atoms with van der Waals surface area (Å²) in [5.74, 6) is 0.612. The number of carbonyl (C=O) groups excluding carboxylic acids is 1. The SMILES string of the molecule is N#C/C(=C/c1cc(Br)c(N2CCOCC2)o1)C(=O)Nc1ccc(Br)cc1. The highest BCUT2D eigenvalue weighted by Gasteiger charge is 2.19. The van der Waals surface area contributed by atoms with Crippen molar-refractivity contribution >= 4 is 55.4 Å². The van der Waals surface area contributed by atoms with E-state index in [-0.39, 0.29) is 5.57 Å². The molecule has 1 aromatic carbocycles. The van der Waals surface area contributed by atoms with Gasteiger partial charge in [0.2, 0.25) is 5.88 Å². The molecule has 6 nitrogen and oxygen atoms in total. The molecule has 1 N–H and O–H groups in total. The van der Waals surface area contributed by atoms with Crippen LogP contribution in [0.5, 0.6) is 0 Å². The van der Waals surface area contributed by atoms with Crippen molar-refractivity contribution in [3.8, 4) is 6.07 Å². The third kappa shape index (κ3) is 4.55. The molecule has 1 fully saturated rings. The molecule has 0 spiro atoms. The van der Waals surface area contributed by atoms with E-state index in [1.54, 1.807) is 18.2 Å². The van der Waals surface area contributed by atoms with Crippen LogP contribution in [0.1, 0.15) is 5.76 Å². The molecule has 0 bridgehead atoms. The third-order valence-corrected chi connectivity index (χ3v) is 4.84. The number of hydrogen-bond acceptors (Lipinski definition) is 5. The zero-order chi connectivity index (χ0) is 18.5. The Bertz CT molecular complexity index is 863. The Morgan fingerprint density at radius 3 is 2.58 bits per heavy atom. The van der Waals surface area contributed by atoms with E-state index >= 15 is 0 Å². The standard InChI is InChI=1S/C18H15Br2N3O3/c19-13-1-3-14(4-2-13)22-17(24)12(11-21)9-15-10-16(20)18(26-15)23-5-7-25-8-6-23/h1-4,9-10H,5-8H2,(H,22,24)/b12-9-. The second-order valence-electron chi connectivity index (χ2n) is 5.53. The molecule has 0 atom stereocenters. The van der Waals surface area contributed by atoms with Gasteiger partial charge in [-0.1, -0.05) is 15.9 Å². The average molecular weight is 481 g/mol. The minimum absolute atomic E-state index is 0.0392. The Hall–Kier alpha value is -2.08. The lowest BCUT2D eigenvalue weighted by atomic mass is 10.2. The zero-order valence-corrected chi connectivity index (χ0v) is 16.8. The highest BCUT2D eigenvalue weighted by molar-refractivity contribution is 9.10. The molecule has 8 heteroatoms. The van der Waals surface area contributed by atoms with Gasteiger partial charge in [0, 0.05) is 35.4 Å². The fourth-order valence-electron chi connectivity index (χ4n) is 2.45. The summed E-state index contributed by atoms with van der Waals surface area (Å²) in [5, 5.41) is 12.0. The van der Waals surface area contributed by atoms with Crippen LogP contribution in [0.4, 0.5) is 11.6 Å². The highest BCUT2D eigenvalue weighted by atomic mass is 79.9. The molecule has 0 saturated carbocycles. The number of amides is 1. The number of nitrogens with zero attached hydrogens (tertiary/aromatic N) is 2. The first kappa shape index (κ1) is 18.7. The van der Waals surface area contributed by atoms with Gasteiger partial charge in [-0.2, -0.15) is 5.26 Å². The number of furan rings is 1. The van der Waals surface area contributed by atoms with E-state index in [9.17, 15) is 10.1 Å². The van der Waals surface area contributed by atoms with Crippen molar-refractivity contribution in [2.24, 2.45) is 0 Å². The number of carbonyl (C=O) groups is 1. The number of ether oxygens (including phenoxy) is 1. The first-order chi connectivity index (χ1) is 12.6. The Morgan fingerprint density at radius 2 is 1.92 bits per heavy atom. The summed E-state index contributed by atoms with van der Waals surface area (Å²) in [4.78, 5) is 14.4. The molecule has 2 aromatic rings. The molecule has 134 valence electrons. The molecule has 26 heavy (non-hydrogen) atoms.